The van der Waals surface area contributed by atoms with Crippen LogP contribution in [-0.4, -0.2) is 62.4 Å². The zero-order valence-electron chi connectivity index (χ0n) is 8.08. The first-order chi connectivity index (χ1) is 7.22. The summed E-state index contributed by atoms with van der Waals surface area (Å²) in [7, 11) is -4.98. The van der Waals surface area contributed by atoms with Crippen LogP contribution in [-0.2, 0) is 13.9 Å². The normalized spacial score (nSPS) is 19.9. The van der Waals surface area contributed by atoms with Crippen LogP contribution in [0.15, 0.2) is 0 Å². The molecule has 16 heavy (non-hydrogen) atoms. The van der Waals surface area contributed by atoms with Crippen molar-refractivity contribution in [3.8, 4) is 0 Å². The molecule has 0 saturated carbocycles. The molecule has 0 bridgehead atoms. The Hall–Kier alpha value is -0.380. The van der Waals surface area contributed by atoms with Crippen molar-refractivity contribution in [2.24, 2.45) is 5.73 Å². The second-order valence-electron chi connectivity index (χ2n) is 3.01. The minimum atomic E-state index is -4.98. The van der Waals surface area contributed by atoms with Gasteiger partial charge in [0.05, 0.1) is 12.6 Å². The number of phosphoric ester groups is 1. The van der Waals surface area contributed by atoms with Gasteiger partial charge in [-0.2, -0.15) is 0 Å². The van der Waals surface area contributed by atoms with Crippen LogP contribution in [0.2, 0.25) is 0 Å². The van der Waals surface area contributed by atoms with Crippen molar-refractivity contribution in [2.45, 2.75) is 24.4 Å². The van der Waals surface area contributed by atoms with Gasteiger partial charge < -0.3 is 35.6 Å². The van der Waals surface area contributed by atoms with Crippen LogP contribution in [0.25, 0.3) is 0 Å². The summed E-state index contributed by atoms with van der Waals surface area (Å²) in [4.78, 5) is 27.3. The summed E-state index contributed by atoms with van der Waals surface area (Å²) in [6, 6.07) is -1.55. The van der Waals surface area contributed by atoms with Crippen molar-refractivity contribution in [3.63, 3.8) is 0 Å². The van der Waals surface area contributed by atoms with Gasteiger partial charge in [0, 0.05) is 0 Å². The molecule has 10 heteroatoms. The van der Waals surface area contributed by atoms with E-state index in [9.17, 15) is 14.5 Å². The molecule has 96 valence electrons. The second-order valence-corrected chi connectivity index (χ2v) is 4.21. The molecule has 0 aromatic heterocycles. The largest absolute Gasteiger partial charge is 0.470 e. The fraction of sp³-hybridized carbons (Fsp3) is 0.833. The maximum absolute atomic E-state index is 10.5. The third-order valence-corrected chi connectivity index (χ3v) is 2.23. The summed E-state index contributed by atoms with van der Waals surface area (Å²) < 4.78 is 14.6. The van der Waals surface area contributed by atoms with Crippen LogP contribution >= 0.6 is 7.82 Å². The Labute approximate surface area is 90.7 Å². The predicted molar refractivity (Wildman–Crippen MR) is 50.1 cm³/mol. The van der Waals surface area contributed by atoms with Gasteiger partial charge in [0.25, 0.3) is 0 Å². The Morgan fingerprint density at radius 1 is 1.38 bits per heavy atom. The van der Waals surface area contributed by atoms with E-state index in [1.807, 2.05) is 0 Å². The number of hydrogen-bond acceptors (Lipinski definition) is 7. The lowest BCUT2D eigenvalue weighted by molar-refractivity contribution is -0.117. The summed E-state index contributed by atoms with van der Waals surface area (Å²) in [5.74, 6) is 0. The first-order valence-electron chi connectivity index (χ1n) is 4.14. The molecule has 0 aliphatic carbocycles. The maximum atomic E-state index is 10.5. The van der Waals surface area contributed by atoms with Crippen LogP contribution in [0, 0.1) is 0 Å². The molecule has 0 heterocycles. The summed E-state index contributed by atoms with van der Waals surface area (Å²) in [5.41, 5.74) is 5.13. The smallest absolute Gasteiger partial charge is 0.394 e. The lowest BCUT2D eigenvalue weighted by Crippen LogP contribution is -2.51. The SMILES string of the molecule is N[C@H](C=O)[C@H](OP(=O)(O)O)[C@H](O)[C@H](O)CO. The molecule has 0 spiro atoms. The highest BCUT2D eigenvalue weighted by Crippen LogP contribution is 2.38. The van der Waals surface area contributed by atoms with E-state index in [-0.39, 0.29) is 6.29 Å². The van der Waals surface area contributed by atoms with Gasteiger partial charge in [-0.1, -0.05) is 0 Å². The van der Waals surface area contributed by atoms with E-state index >= 15 is 0 Å². The quantitative estimate of drug-likeness (QED) is 0.202. The molecule has 4 atom stereocenters. The molecule has 0 aliphatic rings. The maximum Gasteiger partial charge on any atom is 0.470 e. The van der Waals surface area contributed by atoms with Crippen molar-refractivity contribution in [2.75, 3.05) is 6.61 Å². The molecule has 0 amide bonds. The van der Waals surface area contributed by atoms with Gasteiger partial charge in [0.15, 0.2) is 0 Å². The van der Waals surface area contributed by atoms with Crippen LogP contribution < -0.4 is 5.73 Å². The van der Waals surface area contributed by atoms with Gasteiger partial charge in [-0.15, -0.1) is 0 Å². The zero-order valence-corrected chi connectivity index (χ0v) is 8.97. The number of aldehydes is 1. The first-order valence-corrected chi connectivity index (χ1v) is 5.67. The van der Waals surface area contributed by atoms with Crippen molar-refractivity contribution < 1.29 is 39.0 Å². The number of hydrogen-bond donors (Lipinski definition) is 6. The summed E-state index contributed by atoms with van der Waals surface area (Å²) in [6.45, 7) is -0.881. The van der Waals surface area contributed by atoms with Gasteiger partial charge in [-0.05, 0) is 0 Å². The monoisotopic (exact) mass is 259 g/mol. The molecule has 0 aliphatic heterocycles. The Kier molecular flexibility index (Phi) is 6.23. The minimum Gasteiger partial charge on any atom is -0.394 e. The third kappa shape index (κ3) is 5.10. The Morgan fingerprint density at radius 3 is 2.19 bits per heavy atom. The van der Waals surface area contributed by atoms with E-state index in [1.165, 1.54) is 0 Å². The average molecular weight is 259 g/mol. The summed E-state index contributed by atoms with van der Waals surface area (Å²) >= 11 is 0. The molecule has 0 saturated heterocycles. The fourth-order valence-electron chi connectivity index (χ4n) is 0.923. The predicted octanol–water partition coefficient (Wildman–Crippen LogP) is -3.30. The number of phosphoric acid groups is 1. The molecular weight excluding hydrogens is 245 g/mol. The molecule has 0 aromatic rings. The highest BCUT2D eigenvalue weighted by atomic mass is 31.2. The van der Waals surface area contributed by atoms with Gasteiger partial charge in [-0.3, -0.25) is 4.52 Å². The highest BCUT2D eigenvalue weighted by molar-refractivity contribution is 7.46. The molecule has 0 fully saturated rings. The second kappa shape index (κ2) is 6.38. The van der Waals surface area contributed by atoms with Gasteiger partial charge in [-0.25, -0.2) is 4.57 Å². The van der Waals surface area contributed by atoms with Crippen molar-refractivity contribution >= 4 is 14.1 Å². The zero-order chi connectivity index (χ0) is 12.9. The molecule has 0 unspecified atom stereocenters. The van der Waals surface area contributed by atoms with E-state index in [2.05, 4.69) is 4.52 Å². The van der Waals surface area contributed by atoms with Crippen LogP contribution in [0.4, 0.5) is 0 Å². The highest BCUT2D eigenvalue weighted by Gasteiger charge is 2.36. The Morgan fingerprint density at radius 2 is 1.88 bits per heavy atom. The number of carbonyl (C=O) groups excluding carboxylic acids is 1. The molecule has 0 aromatic carbocycles. The molecule has 0 radical (unpaired) electrons. The number of carbonyl (C=O) groups is 1. The van der Waals surface area contributed by atoms with Gasteiger partial charge >= 0.3 is 7.82 Å². The Balaban J connectivity index is 4.80. The first kappa shape index (κ1) is 15.6. The van der Waals surface area contributed by atoms with E-state index in [0.717, 1.165) is 0 Å². The number of aliphatic hydroxyl groups excluding tert-OH is 3. The summed E-state index contributed by atoms with van der Waals surface area (Å²) in [5, 5.41) is 26.9. The van der Waals surface area contributed by atoms with E-state index in [1.54, 1.807) is 0 Å². The van der Waals surface area contributed by atoms with Gasteiger partial charge in [0.1, 0.15) is 24.6 Å². The fourth-order valence-corrected chi connectivity index (χ4v) is 1.51. The standard InChI is InChI=1S/C6H14NO8P/c7-3(1-8)6(15-16(12,13)14)5(11)4(10)2-9/h1,3-6,9-11H,2,7H2,(H2,12,13,14)/t3-,4-,5-,6+/m1/s1. The van der Waals surface area contributed by atoms with Crippen molar-refractivity contribution in [1.82, 2.24) is 0 Å². The van der Waals surface area contributed by atoms with E-state index < -0.39 is 38.8 Å². The van der Waals surface area contributed by atoms with E-state index in [0.29, 0.717) is 0 Å². The number of nitrogens with two attached hydrogens (primary N) is 1. The number of aliphatic hydroxyl groups is 3. The topological polar surface area (TPSA) is 171 Å². The van der Waals surface area contributed by atoms with Crippen LogP contribution in [0.5, 0.6) is 0 Å². The summed E-state index contributed by atoms with van der Waals surface area (Å²) in [6.07, 6.45) is -5.37. The lowest BCUT2D eigenvalue weighted by Gasteiger charge is -2.27. The Bertz CT molecular complexity index is 267. The number of rotatable bonds is 7. The van der Waals surface area contributed by atoms with Crippen LogP contribution in [0.3, 0.4) is 0 Å². The van der Waals surface area contributed by atoms with E-state index in [4.69, 9.17) is 25.7 Å². The average Bonchev–Trinajstić information content (AvgIpc) is 2.21. The molecular formula is C6H14NO8P. The molecule has 9 nitrogen and oxygen atoms in total. The third-order valence-electron chi connectivity index (χ3n) is 1.71. The molecule has 7 N–H and O–H groups in total. The molecule has 0 rings (SSSR count). The lowest BCUT2D eigenvalue weighted by atomic mass is 10.0. The van der Waals surface area contributed by atoms with Crippen molar-refractivity contribution in [1.29, 1.82) is 0 Å². The van der Waals surface area contributed by atoms with Crippen LogP contribution in [0.1, 0.15) is 0 Å². The van der Waals surface area contributed by atoms with Crippen molar-refractivity contribution in [3.05, 3.63) is 0 Å². The minimum absolute atomic E-state index is 0.0909. The van der Waals surface area contributed by atoms with Gasteiger partial charge in [0.2, 0.25) is 0 Å².